The van der Waals surface area contributed by atoms with Gasteiger partial charge in [-0.05, 0) is 18.2 Å². The molecule has 1 aliphatic heterocycles. The molecule has 0 spiro atoms. The molecule has 0 radical (unpaired) electrons. The van der Waals surface area contributed by atoms with Gasteiger partial charge in [0.1, 0.15) is 16.7 Å². The highest BCUT2D eigenvalue weighted by atomic mass is 32.2. The van der Waals surface area contributed by atoms with Crippen molar-refractivity contribution in [2.45, 2.75) is 11.3 Å². The van der Waals surface area contributed by atoms with Crippen molar-refractivity contribution in [2.24, 2.45) is 5.73 Å². The Morgan fingerprint density at radius 1 is 1.29 bits per heavy atom. The Labute approximate surface area is 100 Å². The first-order chi connectivity index (χ1) is 7.99. The zero-order valence-electron chi connectivity index (χ0n) is 9.71. The molecule has 2 rings (SSSR count). The number of hydrogen-bond acceptors (Lipinski definition) is 5. The molecule has 1 aliphatic rings. The monoisotopic (exact) mass is 257 g/mol. The lowest BCUT2D eigenvalue weighted by Crippen LogP contribution is -2.50. The summed E-state index contributed by atoms with van der Waals surface area (Å²) in [6.45, 7) is 0. The van der Waals surface area contributed by atoms with Gasteiger partial charge in [-0.3, -0.25) is 0 Å². The van der Waals surface area contributed by atoms with E-state index in [-0.39, 0.29) is 11.8 Å². The lowest BCUT2D eigenvalue weighted by atomic mass is 10.0. The summed E-state index contributed by atoms with van der Waals surface area (Å²) >= 11 is 0. The van der Waals surface area contributed by atoms with Gasteiger partial charge in [-0.1, -0.05) is 0 Å². The van der Waals surface area contributed by atoms with E-state index in [1.807, 2.05) is 0 Å². The zero-order valence-corrected chi connectivity index (χ0v) is 10.5. The summed E-state index contributed by atoms with van der Waals surface area (Å²) in [5, 5.41) is -0.687. The van der Waals surface area contributed by atoms with Gasteiger partial charge >= 0.3 is 0 Å². The summed E-state index contributed by atoms with van der Waals surface area (Å²) in [6.07, 6.45) is 0. The van der Waals surface area contributed by atoms with E-state index >= 15 is 0 Å². The molecule has 0 aromatic heterocycles. The maximum absolute atomic E-state index is 11.7. The number of benzene rings is 1. The van der Waals surface area contributed by atoms with Gasteiger partial charge < -0.3 is 15.2 Å². The van der Waals surface area contributed by atoms with E-state index in [0.717, 1.165) is 0 Å². The van der Waals surface area contributed by atoms with Gasteiger partial charge in [0.05, 0.1) is 20.0 Å². The number of sulfone groups is 1. The molecule has 0 aliphatic carbocycles. The Morgan fingerprint density at radius 3 is 2.47 bits per heavy atom. The fraction of sp³-hybridized carbons (Fsp3) is 0.455. The molecule has 1 saturated heterocycles. The molecular weight excluding hydrogens is 242 g/mol. The maximum Gasteiger partial charge on any atom is 0.160 e. The lowest BCUT2D eigenvalue weighted by Gasteiger charge is -2.34. The average Bonchev–Trinajstić information content (AvgIpc) is 2.27. The molecule has 1 aromatic carbocycles. The van der Waals surface area contributed by atoms with Crippen LogP contribution in [0.25, 0.3) is 0 Å². The summed E-state index contributed by atoms with van der Waals surface area (Å²) in [7, 11) is -0.112. The smallest absolute Gasteiger partial charge is 0.160 e. The van der Waals surface area contributed by atoms with Crippen LogP contribution >= 0.6 is 0 Å². The van der Waals surface area contributed by atoms with Crippen molar-refractivity contribution in [1.82, 2.24) is 0 Å². The normalized spacial score (nSPS) is 26.1. The van der Waals surface area contributed by atoms with Gasteiger partial charge in [0, 0.05) is 11.6 Å². The topological polar surface area (TPSA) is 78.6 Å². The largest absolute Gasteiger partial charge is 0.497 e. The highest BCUT2D eigenvalue weighted by Crippen LogP contribution is 2.41. The molecule has 2 N–H and O–H groups in total. The van der Waals surface area contributed by atoms with Crippen LogP contribution in [0.2, 0.25) is 0 Å². The number of methoxy groups -OCH3 is 2. The second-order valence-corrected chi connectivity index (χ2v) is 6.19. The van der Waals surface area contributed by atoms with E-state index in [0.29, 0.717) is 17.1 Å². The molecular formula is C11H15NO4S. The third kappa shape index (κ3) is 1.98. The fourth-order valence-electron chi connectivity index (χ4n) is 2.09. The van der Waals surface area contributed by atoms with Crippen LogP contribution in [0.4, 0.5) is 0 Å². The molecule has 94 valence electrons. The quantitative estimate of drug-likeness (QED) is 0.853. The van der Waals surface area contributed by atoms with Crippen LogP contribution in [0.15, 0.2) is 18.2 Å². The first-order valence-electron chi connectivity index (χ1n) is 5.18. The number of rotatable bonds is 3. The summed E-state index contributed by atoms with van der Waals surface area (Å²) < 4.78 is 33.7. The first kappa shape index (κ1) is 12.2. The second-order valence-electron chi connectivity index (χ2n) is 4.02. The summed E-state index contributed by atoms with van der Waals surface area (Å²) in [5.74, 6) is 1.14. The minimum Gasteiger partial charge on any atom is -0.497 e. The number of ether oxygens (including phenoxy) is 2. The van der Waals surface area contributed by atoms with Crippen molar-refractivity contribution in [2.75, 3.05) is 20.0 Å². The Bertz CT molecular complexity index is 526. The summed E-state index contributed by atoms with van der Waals surface area (Å²) in [6, 6.07) is 4.70. The van der Waals surface area contributed by atoms with Gasteiger partial charge in [0.25, 0.3) is 0 Å². The van der Waals surface area contributed by atoms with Crippen molar-refractivity contribution in [1.29, 1.82) is 0 Å². The maximum atomic E-state index is 11.7. The molecule has 0 bridgehead atoms. The standard InChI is InChI=1S/C11H15NO4S/c1-15-7-3-4-10(16-2)8(5-7)11-9(12)6-17(11,13)14/h3-5,9,11H,6,12H2,1-2H3. The van der Waals surface area contributed by atoms with Gasteiger partial charge in [-0.25, -0.2) is 8.42 Å². The Balaban J connectivity index is 2.49. The van der Waals surface area contributed by atoms with E-state index in [2.05, 4.69) is 0 Å². The minimum absolute atomic E-state index is 0.0258. The second kappa shape index (κ2) is 4.19. The molecule has 2 unspecified atom stereocenters. The molecule has 1 fully saturated rings. The van der Waals surface area contributed by atoms with Crippen LogP contribution in [0.1, 0.15) is 10.8 Å². The molecule has 17 heavy (non-hydrogen) atoms. The molecule has 0 saturated carbocycles. The van der Waals surface area contributed by atoms with E-state index in [4.69, 9.17) is 15.2 Å². The summed E-state index contributed by atoms with van der Waals surface area (Å²) in [4.78, 5) is 0. The van der Waals surface area contributed by atoms with E-state index in [1.54, 1.807) is 18.2 Å². The number of hydrogen-bond donors (Lipinski definition) is 1. The van der Waals surface area contributed by atoms with E-state index < -0.39 is 15.1 Å². The van der Waals surface area contributed by atoms with Crippen molar-refractivity contribution in [3.8, 4) is 11.5 Å². The highest BCUT2D eigenvalue weighted by Gasteiger charge is 2.46. The molecule has 0 amide bonds. The lowest BCUT2D eigenvalue weighted by molar-refractivity contribution is 0.394. The SMILES string of the molecule is COc1ccc(OC)c(C2C(N)CS2(=O)=O)c1. The van der Waals surface area contributed by atoms with Gasteiger partial charge in [0.15, 0.2) is 9.84 Å². The van der Waals surface area contributed by atoms with Crippen LogP contribution in [-0.4, -0.2) is 34.4 Å². The third-order valence-corrected chi connectivity index (χ3v) is 5.17. The van der Waals surface area contributed by atoms with Gasteiger partial charge in [0.2, 0.25) is 0 Å². The van der Waals surface area contributed by atoms with Crippen LogP contribution < -0.4 is 15.2 Å². The predicted molar refractivity (Wildman–Crippen MR) is 64.0 cm³/mol. The van der Waals surface area contributed by atoms with Crippen LogP contribution in [0, 0.1) is 0 Å². The van der Waals surface area contributed by atoms with Gasteiger partial charge in [-0.2, -0.15) is 0 Å². The van der Waals surface area contributed by atoms with E-state index in [1.165, 1.54) is 14.2 Å². The average molecular weight is 257 g/mol. The van der Waals surface area contributed by atoms with Crippen molar-refractivity contribution >= 4 is 9.84 Å². The molecule has 1 heterocycles. The molecule has 1 aromatic rings. The van der Waals surface area contributed by atoms with Gasteiger partial charge in [-0.15, -0.1) is 0 Å². The number of nitrogens with two attached hydrogens (primary N) is 1. The van der Waals surface area contributed by atoms with Crippen LogP contribution in [0.5, 0.6) is 11.5 Å². The molecule has 2 atom stereocenters. The Kier molecular flexibility index (Phi) is 3.01. The van der Waals surface area contributed by atoms with Crippen LogP contribution in [0.3, 0.4) is 0 Å². The van der Waals surface area contributed by atoms with E-state index in [9.17, 15) is 8.42 Å². The fourth-order valence-corrected chi connectivity index (χ4v) is 3.87. The predicted octanol–water partition coefficient (Wildman–Crippen LogP) is 0.501. The minimum atomic E-state index is -3.14. The third-order valence-electron chi connectivity index (χ3n) is 2.94. The summed E-state index contributed by atoms with van der Waals surface area (Å²) in [5.41, 5.74) is 6.34. The molecule has 5 nitrogen and oxygen atoms in total. The van der Waals surface area contributed by atoms with Crippen molar-refractivity contribution < 1.29 is 17.9 Å². The van der Waals surface area contributed by atoms with Crippen molar-refractivity contribution in [3.05, 3.63) is 23.8 Å². The Morgan fingerprint density at radius 2 is 2.00 bits per heavy atom. The molecule has 6 heteroatoms. The van der Waals surface area contributed by atoms with Crippen molar-refractivity contribution in [3.63, 3.8) is 0 Å². The Hall–Kier alpha value is -1.27. The zero-order chi connectivity index (χ0) is 12.6. The van der Waals surface area contributed by atoms with Crippen LogP contribution in [-0.2, 0) is 9.84 Å². The first-order valence-corrected chi connectivity index (χ1v) is 6.90. The highest BCUT2D eigenvalue weighted by molar-refractivity contribution is 7.93.